The second kappa shape index (κ2) is 7.62. The zero-order chi connectivity index (χ0) is 15.1. The van der Waals surface area contributed by atoms with Gasteiger partial charge in [0.05, 0.1) is 5.56 Å². The summed E-state index contributed by atoms with van der Waals surface area (Å²) in [5.74, 6) is -0.798. The Morgan fingerprint density at radius 1 is 1.30 bits per heavy atom. The molecule has 0 radical (unpaired) electrons. The molecule has 20 heavy (non-hydrogen) atoms. The maximum Gasteiger partial charge on any atom is 0.335 e. The fourth-order valence-electron chi connectivity index (χ4n) is 2.06. The molecule has 1 N–H and O–H groups in total. The number of nitrogens with zero attached hydrogens (tertiary/aromatic N) is 2. The number of hydrogen-bond acceptors (Lipinski definition) is 3. The van der Waals surface area contributed by atoms with Crippen LogP contribution in [0.2, 0.25) is 0 Å². The fourth-order valence-corrected chi connectivity index (χ4v) is 2.06. The number of carbonyl (C=O) groups is 2. The number of carbonyl (C=O) groups excluding carboxylic acids is 1. The quantitative estimate of drug-likeness (QED) is 0.832. The average molecular weight is 278 g/mol. The highest BCUT2D eigenvalue weighted by molar-refractivity contribution is 5.95. The van der Waals surface area contributed by atoms with Crippen molar-refractivity contribution >= 4 is 11.9 Å². The molecular weight excluding hydrogens is 256 g/mol. The van der Waals surface area contributed by atoms with Crippen molar-refractivity contribution < 1.29 is 14.7 Å². The zero-order valence-electron chi connectivity index (χ0n) is 12.3. The standard InChI is InChI=1S/C15H22N2O3/c1-4-11(5-2)10-17(6-3)14(18)13-9-12(15(19)20)7-8-16-13/h7-9,11H,4-6,10H2,1-3H3,(H,19,20). The summed E-state index contributed by atoms with van der Waals surface area (Å²) in [6, 6.07) is 2.72. The van der Waals surface area contributed by atoms with E-state index < -0.39 is 5.97 Å². The van der Waals surface area contributed by atoms with Crippen molar-refractivity contribution in [3.8, 4) is 0 Å². The minimum Gasteiger partial charge on any atom is -0.478 e. The summed E-state index contributed by atoms with van der Waals surface area (Å²) in [6.45, 7) is 7.41. The number of pyridine rings is 1. The summed E-state index contributed by atoms with van der Waals surface area (Å²) in [5, 5.41) is 8.96. The van der Waals surface area contributed by atoms with Gasteiger partial charge in [-0.05, 0) is 25.0 Å². The highest BCUT2D eigenvalue weighted by atomic mass is 16.4. The third-order valence-corrected chi connectivity index (χ3v) is 3.53. The van der Waals surface area contributed by atoms with Crippen LogP contribution < -0.4 is 0 Å². The van der Waals surface area contributed by atoms with Crippen LogP contribution in [0.15, 0.2) is 18.3 Å². The number of carboxylic acids is 1. The van der Waals surface area contributed by atoms with Crippen molar-refractivity contribution in [2.75, 3.05) is 13.1 Å². The van der Waals surface area contributed by atoms with Crippen LogP contribution in [0.3, 0.4) is 0 Å². The van der Waals surface area contributed by atoms with Gasteiger partial charge in [-0.2, -0.15) is 0 Å². The Morgan fingerprint density at radius 2 is 1.95 bits per heavy atom. The molecule has 0 bridgehead atoms. The van der Waals surface area contributed by atoms with Crippen molar-refractivity contribution in [1.29, 1.82) is 0 Å². The van der Waals surface area contributed by atoms with E-state index in [2.05, 4.69) is 18.8 Å². The Bertz CT molecular complexity index is 470. The van der Waals surface area contributed by atoms with Crippen LogP contribution in [0.4, 0.5) is 0 Å². The summed E-state index contributed by atoms with van der Waals surface area (Å²) in [4.78, 5) is 29.0. The van der Waals surface area contributed by atoms with Gasteiger partial charge >= 0.3 is 5.97 Å². The maximum absolute atomic E-state index is 12.4. The Morgan fingerprint density at radius 3 is 2.45 bits per heavy atom. The minimum atomic E-state index is -1.05. The molecule has 0 saturated heterocycles. The van der Waals surface area contributed by atoms with Crippen molar-refractivity contribution in [1.82, 2.24) is 9.88 Å². The van der Waals surface area contributed by atoms with Crippen LogP contribution in [0, 0.1) is 5.92 Å². The molecule has 0 aliphatic carbocycles. The van der Waals surface area contributed by atoms with E-state index in [1.807, 2.05) is 6.92 Å². The van der Waals surface area contributed by atoms with Crippen molar-refractivity contribution in [2.24, 2.45) is 5.92 Å². The Labute approximate surface area is 119 Å². The number of aromatic nitrogens is 1. The monoisotopic (exact) mass is 278 g/mol. The molecule has 1 amide bonds. The first kappa shape index (κ1) is 16.1. The summed E-state index contributed by atoms with van der Waals surface area (Å²) in [5.41, 5.74) is 0.277. The smallest absolute Gasteiger partial charge is 0.335 e. The number of rotatable bonds is 7. The van der Waals surface area contributed by atoms with E-state index >= 15 is 0 Å². The van der Waals surface area contributed by atoms with Crippen LogP contribution in [-0.2, 0) is 0 Å². The van der Waals surface area contributed by atoms with Crippen LogP contribution in [0.25, 0.3) is 0 Å². The van der Waals surface area contributed by atoms with Gasteiger partial charge in [-0.15, -0.1) is 0 Å². The lowest BCUT2D eigenvalue weighted by atomic mass is 10.0. The number of aromatic carboxylic acids is 1. The van der Waals surface area contributed by atoms with Crippen molar-refractivity contribution in [3.63, 3.8) is 0 Å². The van der Waals surface area contributed by atoms with E-state index in [1.165, 1.54) is 18.3 Å². The van der Waals surface area contributed by atoms with Gasteiger partial charge in [0.15, 0.2) is 0 Å². The van der Waals surface area contributed by atoms with E-state index in [4.69, 9.17) is 5.11 Å². The molecular formula is C15H22N2O3. The Balaban J connectivity index is 2.90. The first-order valence-corrected chi connectivity index (χ1v) is 7.02. The predicted octanol–water partition coefficient (Wildman–Crippen LogP) is 2.68. The van der Waals surface area contributed by atoms with Gasteiger partial charge in [-0.25, -0.2) is 4.79 Å². The zero-order valence-corrected chi connectivity index (χ0v) is 12.3. The summed E-state index contributed by atoms with van der Waals surface area (Å²) in [7, 11) is 0. The summed E-state index contributed by atoms with van der Waals surface area (Å²) >= 11 is 0. The third-order valence-electron chi connectivity index (χ3n) is 3.53. The summed E-state index contributed by atoms with van der Waals surface area (Å²) in [6.07, 6.45) is 3.40. The highest BCUT2D eigenvalue weighted by Gasteiger charge is 2.19. The first-order valence-electron chi connectivity index (χ1n) is 7.02. The molecule has 0 aromatic carbocycles. The van der Waals surface area contributed by atoms with E-state index in [0.717, 1.165) is 12.8 Å². The molecule has 0 unspecified atom stereocenters. The van der Waals surface area contributed by atoms with Crippen LogP contribution >= 0.6 is 0 Å². The molecule has 1 rings (SSSR count). The molecule has 1 aromatic rings. The SMILES string of the molecule is CCC(CC)CN(CC)C(=O)c1cc(C(=O)O)ccn1. The van der Waals surface area contributed by atoms with Crippen molar-refractivity contribution in [2.45, 2.75) is 33.6 Å². The lowest BCUT2D eigenvalue weighted by Gasteiger charge is -2.25. The molecule has 0 fully saturated rings. The lowest BCUT2D eigenvalue weighted by Crippen LogP contribution is -2.35. The first-order chi connectivity index (χ1) is 9.53. The van der Waals surface area contributed by atoms with Gasteiger partial charge in [-0.1, -0.05) is 26.7 Å². The van der Waals surface area contributed by atoms with Gasteiger partial charge in [0.1, 0.15) is 5.69 Å². The highest BCUT2D eigenvalue weighted by Crippen LogP contribution is 2.12. The Hall–Kier alpha value is -1.91. The van der Waals surface area contributed by atoms with Crippen LogP contribution in [0.1, 0.15) is 54.5 Å². The predicted molar refractivity (Wildman–Crippen MR) is 76.8 cm³/mol. The van der Waals surface area contributed by atoms with Gasteiger partial charge in [0, 0.05) is 19.3 Å². The van der Waals surface area contributed by atoms with E-state index in [1.54, 1.807) is 4.90 Å². The number of amides is 1. The molecule has 5 nitrogen and oxygen atoms in total. The maximum atomic E-state index is 12.4. The van der Waals surface area contributed by atoms with Crippen LogP contribution in [-0.4, -0.2) is 40.0 Å². The van der Waals surface area contributed by atoms with Gasteiger partial charge in [-0.3, -0.25) is 9.78 Å². The second-order valence-corrected chi connectivity index (χ2v) is 4.76. The molecule has 110 valence electrons. The molecule has 0 atom stereocenters. The van der Waals surface area contributed by atoms with Gasteiger partial charge < -0.3 is 10.0 Å². The number of hydrogen-bond donors (Lipinski definition) is 1. The van der Waals surface area contributed by atoms with Gasteiger partial charge in [0.2, 0.25) is 0 Å². The molecule has 0 spiro atoms. The molecule has 0 aliphatic heterocycles. The minimum absolute atomic E-state index is 0.0851. The van der Waals surface area contributed by atoms with E-state index in [9.17, 15) is 9.59 Å². The number of carboxylic acid groups (broad SMARTS) is 1. The molecule has 0 saturated carbocycles. The fraction of sp³-hybridized carbons (Fsp3) is 0.533. The van der Waals surface area contributed by atoms with Gasteiger partial charge in [0.25, 0.3) is 5.91 Å². The normalized spacial score (nSPS) is 10.6. The van der Waals surface area contributed by atoms with Crippen LogP contribution in [0.5, 0.6) is 0 Å². The van der Waals surface area contributed by atoms with E-state index in [0.29, 0.717) is 19.0 Å². The summed E-state index contributed by atoms with van der Waals surface area (Å²) < 4.78 is 0. The lowest BCUT2D eigenvalue weighted by molar-refractivity contribution is 0.0696. The molecule has 5 heteroatoms. The Kier molecular flexibility index (Phi) is 6.15. The molecule has 1 aromatic heterocycles. The van der Waals surface area contributed by atoms with E-state index in [-0.39, 0.29) is 17.2 Å². The second-order valence-electron chi connectivity index (χ2n) is 4.76. The molecule has 1 heterocycles. The van der Waals surface area contributed by atoms with Crippen molar-refractivity contribution in [3.05, 3.63) is 29.6 Å². The topological polar surface area (TPSA) is 70.5 Å². The molecule has 0 aliphatic rings. The third kappa shape index (κ3) is 4.05. The average Bonchev–Trinajstić information content (AvgIpc) is 2.48. The largest absolute Gasteiger partial charge is 0.478 e.